The van der Waals surface area contributed by atoms with Gasteiger partial charge in [-0.1, -0.05) is 24.3 Å². The summed E-state index contributed by atoms with van der Waals surface area (Å²) >= 11 is 0. The van der Waals surface area contributed by atoms with Crippen LogP contribution in [0.5, 0.6) is 11.5 Å². The van der Waals surface area contributed by atoms with E-state index < -0.39 is 11.9 Å². The van der Waals surface area contributed by atoms with E-state index in [4.69, 9.17) is 4.74 Å². The zero-order chi connectivity index (χ0) is 18.0. The first-order chi connectivity index (χ1) is 12.0. The van der Waals surface area contributed by atoms with Crippen LogP contribution in [0, 0.1) is 0 Å². The van der Waals surface area contributed by atoms with Gasteiger partial charge in [-0.25, -0.2) is 0 Å². The van der Waals surface area contributed by atoms with Crippen molar-refractivity contribution in [3.63, 3.8) is 0 Å². The van der Waals surface area contributed by atoms with Gasteiger partial charge in [0.15, 0.2) is 11.5 Å². The second kappa shape index (κ2) is 6.84. The third-order valence-corrected chi connectivity index (χ3v) is 4.36. The topological polar surface area (TPSA) is 78.9 Å². The van der Waals surface area contributed by atoms with E-state index in [9.17, 15) is 14.7 Å². The molecule has 0 aliphatic carbocycles. The van der Waals surface area contributed by atoms with Crippen molar-refractivity contribution in [2.45, 2.75) is 25.4 Å². The third kappa shape index (κ3) is 3.15. The van der Waals surface area contributed by atoms with E-state index in [1.54, 1.807) is 17.0 Å². The Morgan fingerprint density at radius 2 is 1.92 bits per heavy atom. The smallest absolute Gasteiger partial charge is 0.255 e. The van der Waals surface area contributed by atoms with Gasteiger partial charge in [0.1, 0.15) is 6.04 Å². The molecule has 3 rings (SSSR count). The van der Waals surface area contributed by atoms with Crippen molar-refractivity contribution in [1.82, 2.24) is 5.32 Å². The Hall–Kier alpha value is -3.02. The minimum Gasteiger partial charge on any atom is -0.504 e. The molecule has 2 amide bonds. The molecule has 1 heterocycles. The number of phenols is 1. The molecule has 0 aromatic heterocycles. The third-order valence-electron chi connectivity index (χ3n) is 4.36. The predicted molar refractivity (Wildman–Crippen MR) is 93.9 cm³/mol. The van der Waals surface area contributed by atoms with E-state index in [1.807, 2.05) is 37.3 Å². The molecular weight excluding hydrogens is 320 g/mol. The van der Waals surface area contributed by atoms with Gasteiger partial charge in [-0.15, -0.1) is 0 Å². The van der Waals surface area contributed by atoms with Crippen LogP contribution in [-0.4, -0.2) is 36.1 Å². The largest absolute Gasteiger partial charge is 0.504 e. The molecule has 2 unspecified atom stereocenters. The molecule has 2 aromatic rings. The van der Waals surface area contributed by atoms with Gasteiger partial charge in [0.05, 0.1) is 12.7 Å². The van der Waals surface area contributed by atoms with Gasteiger partial charge in [-0.3, -0.25) is 9.59 Å². The fourth-order valence-corrected chi connectivity index (χ4v) is 3.13. The quantitative estimate of drug-likeness (QED) is 0.895. The molecule has 130 valence electrons. The summed E-state index contributed by atoms with van der Waals surface area (Å²) in [5.74, 6) is -0.683. The lowest BCUT2D eigenvalue weighted by molar-refractivity contribution is -0.118. The number of rotatable bonds is 4. The molecule has 6 heteroatoms. The number of methoxy groups -OCH3 is 1. The molecule has 0 spiro atoms. The van der Waals surface area contributed by atoms with Gasteiger partial charge in [0.2, 0.25) is 5.91 Å². The maximum Gasteiger partial charge on any atom is 0.255 e. The number of carbonyl (C=O) groups excluding carboxylic acids is 2. The highest BCUT2D eigenvalue weighted by Crippen LogP contribution is 2.30. The van der Waals surface area contributed by atoms with Gasteiger partial charge < -0.3 is 20.1 Å². The lowest BCUT2D eigenvalue weighted by atomic mass is 10.1. The molecule has 2 N–H and O–H groups in total. The summed E-state index contributed by atoms with van der Waals surface area (Å²) in [6.45, 7) is 1.94. The summed E-state index contributed by atoms with van der Waals surface area (Å²) in [4.78, 5) is 26.9. The second-order valence-corrected chi connectivity index (χ2v) is 6.01. The van der Waals surface area contributed by atoms with Gasteiger partial charge in [-0.2, -0.15) is 0 Å². The molecule has 0 saturated carbocycles. The zero-order valence-electron chi connectivity index (χ0n) is 14.1. The van der Waals surface area contributed by atoms with Crippen LogP contribution in [0.1, 0.15) is 23.7 Å². The number of ether oxygens (including phenoxy) is 1. The number of benzene rings is 2. The first-order valence-electron chi connectivity index (χ1n) is 8.08. The minimum atomic E-state index is -0.631. The van der Waals surface area contributed by atoms with E-state index in [0.717, 1.165) is 5.69 Å². The molecule has 0 bridgehead atoms. The minimum absolute atomic E-state index is 0.0286. The van der Waals surface area contributed by atoms with Crippen molar-refractivity contribution < 1.29 is 19.4 Å². The molecule has 6 nitrogen and oxygen atoms in total. The molecule has 1 fully saturated rings. The van der Waals surface area contributed by atoms with Crippen LogP contribution in [0.25, 0.3) is 0 Å². The van der Waals surface area contributed by atoms with Crippen molar-refractivity contribution in [1.29, 1.82) is 0 Å². The first kappa shape index (κ1) is 16.8. The number of nitrogens with one attached hydrogen (secondary N) is 1. The Labute approximate surface area is 146 Å². The maximum atomic E-state index is 12.7. The number of aromatic hydroxyl groups is 1. The average Bonchev–Trinajstić information content (AvgIpc) is 2.89. The van der Waals surface area contributed by atoms with Crippen molar-refractivity contribution in [2.75, 3.05) is 12.0 Å². The van der Waals surface area contributed by atoms with Crippen LogP contribution in [0.3, 0.4) is 0 Å². The SMILES string of the molecule is COc1cccc(C(=O)NC2CC(C)N(c3ccccc3)C2=O)c1O. The first-order valence-corrected chi connectivity index (χ1v) is 8.08. The van der Waals surface area contributed by atoms with E-state index in [2.05, 4.69) is 5.32 Å². The normalized spacial score (nSPS) is 19.8. The molecule has 2 aromatic carbocycles. The van der Waals surface area contributed by atoms with Crippen molar-refractivity contribution in [2.24, 2.45) is 0 Å². The van der Waals surface area contributed by atoms with E-state index in [-0.39, 0.29) is 29.0 Å². The highest BCUT2D eigenvalue weighted by atomic mass is 16.5. The number of hydrogen-bond donors (Lipinski definition) is 2. The second-order valence-electron chi connectivity index (χ2n) is 6.01. The van der Waals surface area contributed by atoms with Gasteiger partial charge >= 0.3 is 0 Å². The highest BCUT2D eigenvalue weighted by Gasteiger charge is 2.39. The number of anilines is 1. The van der Waals surface area contributed by atoms with E-state index >= 15 is 0 Å². The summed E-state index contributed by atoms with van der Waals surface area (Å²) in [6.07, 6.45) is 0.504. The fourth-order valence-electron chi connectivity index (χ4n) is 3.13. The van der Waals surface area contributed by atoms with E-state index in [1.165, 1.54) is 13.2 Å². The maximum absolute atomic E-state index is 12.7. The number of para-hydroxylation sites is 2. The molecule has 1 saturated heterocycles. The van der Waals surface area contributed by atoms with E-state index in [0.29, 0.717) is 6.42 Å². The van der Waals surface area contributed by atoms with Crippen molar-refractivity contribution in [3.8, 4) is 11.5 Å². The summed E-state index contributed by atoms with van der Waals surface area (Å²) in [5, 5.41) is 12.8. The predicted octanol–water partition coefficient (Wildman–Crippen LogP) is 2.32. The Morgan fingerprint density at radius 3 is 2.60 bits per heavy atom. The number of amides is 2. The summed E-state index contributed by atoms with van der Waals surface area (Å²) < 4.78 is 5.01. The van der Waals surface area contributed by atoms with Crippen LogP contribution in [0.4, 0.5) is 5.69 Å². The van der Waals surface area contributed by atoms with Crippen LogP contribution >= 0.6 is 0 Å². The Bertz CT molecular complexity index is 791. The number of nitrogens with zero attached hydrogens (tertiary/aromatic N) is 1. The molecular formula is C19H20N2O4. The Morgan fingerprint density at radius 1 is 1.20 bits per heavy atom. The van der Waals surface area contributed by atoms with Crippen LogP contribution in [0.15, 0.2) is 48.5 Å². The monoisotopic (exact) mass is 340 g/mol. The number of phenolic OH excluding ortho intramolecular Hbond substituents is 1. The fraction of sp³-hybridized carbons (Fsp3) is 0.263. The van der Waals surface area contributed by atoms with Crippen LogP contribution in [-0.2, 0) is 4.79 Å². The molecule has 0 radical (unpaired) electrons. The standard InChI is InChI=1S/C19H20N2O4/c1-12-11-15(19(24)21(12)13-7-4-3-5-8-13)20-18(23)14-9-6-10-16(25-2)17(14)22/h3-10,12,15,22H,11H2,1-2H3,(H,20,23). The summed E-state index contributed by atoms with van der Waals surface area (Å²) in [7, 11) is 1.41. The van der Waals surface area contributed by atoms with Gasteiger partial charge in [-0.05, 0) is 37.6 Å². The summed E-state index contributed by atoms with van der Waals surface area (Å²) in [5.41, 5.74) is 0.888. The molecule has 1 aliphatic heterocycles. The molecule has 2 atom stereocenters. The lowest BCUT2D eigenvalue weighted by Crippen LogP contribution is -2.42. The number of hydrogen-bond acceptors (Lipinski definition) is 4. The van der Waals surface area contributed by atoms with Gasteiger partial charge in [0, 0.05) is 11.7 Å². The number of carbonyl (C=O) groups is 2. The van der Waals surface area contributed by atoms with Gasteiger partial charge in [0.25, 0.3) is 5.91 Å². The highest BCUT2D eigenvalue weighted by molar-refractivity contribution is 6.05. The molecule has 1 aliphatic rings. The Balaban J connectivity index is 1.78. The van der Waals surface area contributed by atoms with Crippen LogP contribution < -0.4 is 15.0 Å². The lowest BCUT2D eigenvalue weighted by Gasteiger charge is -2.21. The van der Waals surface area contributed by atoms with Crippen LogP contribution in [0.2, 0.25) is 0 Å². The van der Waals surface area contributed by atoms with Crippen molar-refractivity contribution >= 4 is 17.5 Å². The van der Waals surface area contributed by atoms with Crippen molar-refractivity contribution in [3.05, 3.63) is 54.1 Å². The summed E-state index contributed by atoms with van der Waals surface area (Å²) in [6, 6.07) is 13.4. The average molecular weight is 340 g/mol. The Kier molecular flexibility index (Phi) is 4.61. The zero-order valence-corrected chi connectivity index (χ0v) is 14.1. The molecule has 25 heavy (non-hydrogen) atoms.